The highest BCUT2D eigenvalue weighted by molar-refractivity contribution is 5.77. The lowest BCUT2D eigenvalue weighted by Crippen LogP contribution is -2.34. The molecule has 2 unspecified atom stereocenters. The van der Waals surface area contributed by atoms with Crippen LogP contribution in [0.5, 0.6) is 0 Å². The second kappa shape index (κ2) is 7.70. The normalized spacial score (nSPS) is 13.8. The summed E-state index contributed by atoms with van der Waals surface area (Å²) < 4.78 is 1.68. The topological polar surface area (TPSA) is 80.0 Å². The van der Waals surface area contributed by atoms with Crippen molar-refractivity contribution in [3.63, 3.8) is 0 Å². The number of nitrogens with one attached hydrogen (secondary N) is 1. The van der Waals surface area contributed by atoms with Gasteiger partial charge in [-0.2, -0.15) is 5.10 Å². The second-order valence-electron chi connectivity index (χ2n) is 5.66. The number of hydrogen-bond donors (Lipinski definition) is 2. The number of carbonyl (C=O) groups excluding carboxylic acids is 1. The Hall–Kier alpha value is -2.21. The van der Waals surface area contributed by atoms with Crippen LogP contribution in [0.4, 0.5) is 0 Å². The second-order valence-corrected chi connectivity index (χ2v) is 5.66. The number of amides is 1. The van der Waals surface area contributed by atoms with Gasteiger partial charge >= 0.3 is 0 Å². The average molecular weight is 302 g/mol. The molecule has 2 atom stereocenters. The fourth-order valence-corrected chi connectivity index (χ4v) is 2.11. The first-order valence-corrected chi connectivity index (χ1v) is 7.41. The number of carbonyl (C=O) groups is 1. The fraction of sp³-hybridized carbons (Fsp3) is 0.438. The van der Waals surface area contributed by atoms with Crippen LogP contribution < -0.4 is 5.32 Å². The van der Waals surface area contributed by atoms with Gasteiger partial charge in [0.2, 0.25) is 5.91 Å². The van der Waals surface area contributed by atoms with Crippen LogP contribution in [-0.4, -0.2) is 31.9 Å². The molecular weight excluding hydrogens is 280 g/mol. The van der Waals surface area contributed by atoms with Crippen LogP contribution in [0.25, 0.3) is 0 Å². The SMILES string of the molecule is CC(C)C(O)CC(=O)NC(Cn1cncn1)c1ccccc1. The summed E-state index contributed by atoms with van der Waals surface area (Å²) in [6, 6.07) is 9.49. The van der Waals surface area contributed by atoms with E-state index < -0.39 is 6.10 Å². The zero-order valence-corrected chi connectivity index (χ0v) is 12.9. The Bertz CT molecular complexity index is 569. The number of benzene rings is 1. The molecule has 2 rings (SSSR count). The lowest BCUT2D eigenvalue weighted by molar-refractivity contribution is -0.124. The number of nitrogens with zero attached hydrogens (tertiary/aromatic N) is 3. The van der Waals surface area contributed by atoms with Crippen molar-refractivity contribution in [2.45, 2.75) is 39.0 Å². The molecule has 6 nitrogen and oxygen atoms in total. The molecule has 1 heterocycles. The van der Waals surface area contributed by atoms with Crippen molar-refractivity contribution >= 4 is 5.91 Å². The number of rotatable bonds is 7. The average Bonchev–Trinajstić information content (AvgIpc) is 3.00. The van der Waals surface area contributed by atoms with Crippen molar-refractivity contribution in [2.75, 3.05) is 0 Å². The fourth-order valence-electron chi connectivity index (χ4n) is 2.11. The minimum atomic E-state index is -0.636. The molecule has 2 N–H and O–H groups in total. The van der Waals surface area contributed by atoms with Crippen LogP contribution in [0.1, 0.15) is 31.9 Å². The molecule has 0 aliphatic carbocycles. The maximum Gasteiger partial charge on any atom is 0.223 e. The molecule has 0 saturated carbocycles. The third kappa shape index (κ3) is 4.66. The summed E-state index contributed by atoms with van der Waals surface area (Å²) in [4.78, 5) is 16.1. The van der Waals surface area contributed by atoms with Crippen LogP contribution in [0.2, 0.25) is 0 Å². The molecule has 22 heavy (non-hydrogen) atoms. The van der Waals surface area contributed by atoms with Crippen molar-refractivity contribution in [2.24, 2.45) is 5.92 Å². The van der Waals surface area contributed by atoms with E-state index in [1.807, 2.05) is 44.2 Å². The summed E-state index contributed by atoms with van der Waals surface area (Å²) >= 11 is 0. The van der Waals surface area contributed by atoms with Gasteiger partial charge in [0.1, 0.15) is 12.7 Å². The maximum absolute atomic E-state index is 12.2. The number of aromatic nitrogens is 3. The summed E-state index contributed by atoms with van der Waals surface area (Å²) in [5.74, 6) is -0.119. The predicted octanol–water partition coefficient (Wildman–Crippen LogP) is 1.54. The molecule has 1 aromatic carbocycles. The van der Waals surface area contributed by atoms with Gasteiger partial charge < -0.3 is 10.4 Å². The molecule has 0 saturated heterocycles. The zero-order chi connectivity index (χ0) is 15.9. The molecule has 118 valence electrons. The van der Waals surface area contributed by atoms with Gasteiger partial charge in [-0.15, -0.1) is 0 Å². The van der Waals surface area contributed by atoms with E-state index in [0.717, 1.165) is 5.56 Å². The van der Waals surface area contributed by atoms with E-state index in [4.69, 9.17) is 0 Å². The highest BCUT2D eigenvalue weighted by Gasteiger charge is 2.19. The third-order valence-corrected chi connectivity index (χ3v) is 3.54. The Morgan fingerprint density at radius 1 is 1.32 bits per heavy atom. The standard InChI is InChI=1S/C16H22N4O2/c1-12(2)15(21)8-16(22)19-14(9-20-11-17-10-18-20)13-6-4-3-5-7-13/h3-7,10-12,14-15,21H,8-9H2,1-2H3,(H,19,22). The summed E-state index contributed by atoms with van der Waals surface area (Å²) in [7, 11) is 0. The maximum atomic E-state index is 12.2. The van der Waals surface area contributed by atoms with E-state index in [1.54, 1.807) is 11.0 Å². The summed E-state index contributed by atoms with van der Waals surface area (Å²) in [5, 5.41) is 16.9. The van der Waals surface area contributed by atoms with Gasteiger partial charge in [-0.3, -0.25) is 9.48 Å². The van der Waals surface area contributed by atoms with Gasteiger partial charge in [0.25, 0.3) is 0 Å². The molecule has 6 heteroatoms. The van der Waals surface area contributed by atoms with Gasteiger partial charge in [-0.05, 0) is 11.5 Å². The third-order valence-electron chi connectivity index (χ3n) is 3.54. The number of aliphatic hydroxyl groups is 1. The van der Waals surface area contributed by atoms with E-state index in [9.17, 15) is 9.90 Å². The largest absolute Gasteiger partial charge is 0.392 e. The number of aliphatic hydroxyl groups excluding tert-OH is 1. The Balaban J connectivity index is 2.06. The minimum absolute atomic E-state index is 0.0521. The Kier molecular flexibility index (Phi) is 5.66. The van der Waals surface area contributed by atoms with E-state index in [-0.39, 0.29) is 24.3 Å². The molecule has 0 spiro atoms. The van der Waals surface area contributed by atoms with Crippen molar-refractivity contribution in [3.8, 4) is 0 Å². The highest BCUT2D eigenvalue weighted by atomic mass is 16.3. The van der Waals surface area contributed by atoms with Crippen molar-refractivity contribution in [1.29, 1.82) is 0 Å². The van der Waals surface area contributed by atoms with Gasteiger partial charge in [0, 0.05) is 0 Å². The summed E-state index contributed by atoms with van der Waals surface area (Å²) in [5.41, 5.74) is 0.991. The Morgan fingerprint density at radius 3 is 2.64 bits per heavy atom. The quantitative estimate of drug-likeness (QED) is 0.813. The highest BCUT2D eigenvalue weighted by Crippen LogP contribution is 2.15. The predicted molar refractivity (Wildman–Crippen MR) is 82.8 cm³/mol. The Morgan fingerprint density at radius 2 is 2.05 bits per heavy atom. The molecule has 0 radical (unpaired) electrons. The van der Waals surface area contributed by atoms with Crippen molar-refractivity contribution in [1.82, 2.24) is 20.1 Å². The van der Waals surface area contributed by atoms with Crippen LogP contribution in [0.15, 0.2) is 43.0 Å². The molecule has 0 bridgehead atoms. The lowest BCUT2D eigenvalue weighted by atomic mass is 10.0. The van der Waals surface area contributed by atoms with Crippen LogP contribution in [0, 0.1) is 5.92 Å². The molecule has 0 aliphatic heterocycles. The van der Waals surface area contributed by atoms with Crippen molar-refractivity contribution in [3.05, 3.63) is 48.5 Å². The van der Waals surface area contributed by atoms with E-state index >= 15 is 0 Å². The molecular formula is C16H22N4O2. The first-order valence-electron chi connectivity index (χ1n) is 7.41. The van der Waals surface area contributed by atoms with Gasteiger partial charge in [0.05, 0.1) is 25.1 Å². The zero-order valence-electron chi connectivity index (χ0n) is 12.9. The van der Waals surface area contributed by atoms with E-state index in [2.05, 4.69) is 15.4 Å². The summed E-state index contributed by atoms with van der Waals surface area (Å²) in [6.07, 6.45) is 2.54. The first kappa shape index (κ1) is 16.2. The van der Waals surface area contributed by atoms with Crippen molar-refractivity contribution < 1.29 is 9.90 Å². The van der Waals surface area contributed by atoms with Crippen LogP contribution in [0.3, 0.4) is 0 Å². The Labute approximate surface area is 130 Å². The smallest absolute Gasteiger partial charge is 0.223 e. The molecule has 0 fully saturated rings. The van der Waals surface area contributed by atoms with Gasteiger partial charge in [-0.25, -0.2) is 4.98 Å². The molecule has 1 aromatic heterocycles. The van der Waals surface area contributed by atoms with Gasteiger partial charge in [0.15, 0.2) is 0 Å². The minimum Gasteiger partial charge on any atom is -0.392 e. The monoisotopic (exact) mass is 302 g/mol. The molecule has 2 aromatic rings. The molecule has 0 aliphatic rings. The first-order chi connectivity index (χ1) is 10.6. The van der Waals surface area contributed by atoms with Gasteiger partial charge in [-0.1, -0.05) is 44.2 Å². The lowest BCUT2D eigenvalue weighted by Gasteiger charge is -2.21. The number of hydrogen-bond acceptors (Lipinski definition) is 4. The molecule has 1 amide bonds. The van der Waals surface area contributed by atoms with E-state index in [1.165, 1.54) is 6.33 Å². The van der Waals surface area contributed by atoms with Crippen LogP contribution >= 0.6 is 0 Å². The van der Waals surface area contributed by atoms with Crippen LogP contribution in [-0.2, 0) is 11.3 Å². The summed E-state index contributed by atoms with van der Waals surface area (Å²) in [6.45, 7) is 4.28. The van der Waals surface area contributed by atoms with E-state index in [0.29, 0.717) is 6.54 Å².